The smallest absolute Gasteiger partial charge is 0.161 e. The fourth-order valence-electron chi connectivity index (χ4n) is 1.92. The van der Waals surface area contributed by atoms with E-state index in [0.29, 0.717) is 19.3 Å². The van der Waals surface area contributed by atoms with Gasteiger partial charge < -0.3 is 15.2 Å². The third-order valence-electron chi connectivity index (χ3n) is 2.80. The summed E-state index contributed by atoms with van der Waals surface area (Å²) in [5.41, 5.74) is 5.71. The molecule has 4 heteroatoms. The number of ether oxygens (including phenoxy) is 2. The number of nitrogens with zero attached hydrogens (tertiary/aromatic N) is 1. The van der Waals surface area contributed by atoms with Gasteiger partial charge in [-0.05, 0) is 19.1 Å². The van der Waals surface area contributed by atoms with E-state index in [2.05, 4.69) is 4.90 Å². The monoisotopic (exact) mass is 236 g/mol. The molecule has 0 bridgehead atoms. The Balaban J connectivity index is 1.77. The normalized spacial score (nSPS) is 16.6. The van der Waals surface area contributed by atoms with E-state index < -0.39 is 0 Å². The first-order valence-electron chi connectivity index (χ1n) is 6.12. The van der Waals surface area contributed by atoms with Crippen LogP contribution in [0.1, 0.15) is 6.92 Å². The molecule has 0 saturated carbocycles. The molecule has 0 aromatic heterocycles. The molecule has 0 amide bonds. The van der Waals surface area contributed by atoms with Gasteiger partial charge in [-0.15, -0.1) is 0 Å². The molecule has 1 aliphatic heterocycles. The van der Waals surface area contributed by atoms with Crippen LogP contribution >= 0.6 is 0 Å². The van der Waals surface area contributed by atoms with Gasteiger partial charge in [-0.3, -0.25) is 4.90 Å². The summed E-state index contributed by atoms with van der Waals surface area (Å²) in [5.74, 6) is 1.63. The first kappa shape index (κ1) is 12.2. The van der Waals surface area contributed by atoms with E-state index in [1.807, 2.05) is 31.2 Å². The summed E-state index contributed by atoms with van der Waals surface area (Å²) in [4.78, 5) is 2.29. The molecule has 4 nitrogen and oxygen atoms in total. The molecule has 0 spiro atoms. The van der Waals surface area contributed by atoms with Crippen molar-refractivity contribution in [2.75, 3.05) is 32.8 Å². The zero-order chi connectivity index (χ0) is 12.1. The molecular formula is C13H20N2O2. The Morgan fingerprint density at radius 2 is 1.88 bits per heavy atom. The molecule has 1 aliphatic rings. The Morgan fingerprint density at radius 1 is 1.24 bits per heavy atom. The lowest BCUT2D eigenvalue weighted by Gasteiger charge is -2.36. The van der Waals surface area contributed by atoms with E-state index in [4.69, 9.17) is 15.2 Å². The number of rotatable bonds is 6. The zero-order valence-corrected chi connectivity index (χ0v) is 10.3. The van der Waals surface area contributed by atoms with Crippen molar-refractivity contribution in [1.82, 2.24) is 4.90 Å². The van der Waals surface area contributed by atoms with Gasteiger partial charge in [0.15, 0.2) is 11.5 Å². The molecule has 1 aromatic carbocycles. The third kappa shape index (κ3) is 3.35. The van der Waals surface area contributed by atoms with Gasteiger partial charge >= 0.3 is 0 Å². The molecular weight excluding hydrogens is 216 g/mol. The summed E-state index contributed by atoms with van der Waals surface area (Å²) in [6.07, 6.45) is 0. The number of hydrogen-bond donors (Lipinski definition) is 1. The van der Waals surface area contributed by atoms with Crippen molar-refractivity contribution >= 4 is 0 Å². The van der Waals surface area contributed by atoms with Crippen LogP contribution < -0.4 is 15.2 Å². The van der Waals surface area contributed by atoms with E-state index in [1.165, 1.54) is 0 Å². The molecule has 0 radical (unpaired) electrons. The summed E-state index contributed by atoms with van der Waals surface area (Å²) < 4.78 is 11.2. The van der Waals surface area contributed by atoms with Gasteiger partial charge in [-0.25, -0.2) is 0 Å². The Hall–Kier alpha value is -1.26. The number of nitrogens with two attached hydrogens (primary N) is 1. The average molecular weight is 236 g/mol. The Labute approximate surface area is 102 Å². The zero-order valence-electron chi connectivity index (χ0n) is 10.3. The van der Waals surface area contributed by atoms with Crippen molar-refractivity contribution in [2.45, 2.75) is 13.0 Å². The van der Waals surface area contributed by atoms with Crippen LogP contribution in [0, 0.1) is 0 Å². The molecule has 0 unspecified atom stereocenters. The minimum atomic E-state index is 0.353. The molecule has 0 aliphatic carbocycles. The minimum Gasteiger partial charge on any atom is -0.490 e. The molecule has 1 saturated heterocycles. The van der Waals surface area contributed by atoms with Gasteiger partial charge in [0.25, 0.3) is 0 Å². The van der Waals surface area contributed by atoms with Crippen LogP contribution in [-0.4, -0.2) is 43.8 Å². The second kappa shape index (κ2) is 5.89. The van der Waals surface area contributed by atoms with E-state index in [-0.39, 0.29) is 0 Å². The summed E-state index contributed by atoms with van der Waals surface area (Å²) >= 11 is 0. The predicted molar refractivity (Wildman–Crippen MR) is 67.5 cm³/mol. The SMILES string of the molecule is CCOc1ccccc1OCCN1CC(N)C1. The van der Waals surface area contributed by atoms with Crippen LogP contribution in [0.25, 0.3) is 0 Å². The van der Waals surface area contributed by atoms with Crippen molar-refractivity contribution in [2.24, 2.45) is 5.73 Å². The van der Waals surface area contributed by atoms with E-state index in [1.54, 1.807) is 0 Å². The van der Waals surface area contributed by atoms with Gasteiger partial charge in [0.2, 0.25) is 0 Å². The lowest BCUT2D eigenvalue weighted by molar-refractivity contribution is 0.123. The highest BCUT2D eigenvalue weighted by Crippen LogP contribution is 2.26. The second-order valence-electron chi connectivity index (χ2n) is 4.25. The highest BCUT2D eigenvalue weighted by Gasteiger charge is 2.22. The summed E-state index contributed by atoms with van der Waals surface area (Å²) in [5, 5.41) is 0. The number of hydrogen-bond acceptors (Lipinski definition) is 4. The standard InChI is InChI=1S/C13H20N2O2/c1-2-16-12-5-3-4-6-13(12)17-8-7-15-9-11(14)10-15/h3-6,11H,2,7-10,14H2,1H3. The van der Waals surface area contributed by atoms with Gasteiger partial charge in [0, 0.05) is 25.7 Å². The van der Waals surface area contributed by atoms with Crippen molar-refractivity contribution < 1.29 is 9.47 Å². The second-order valence-corrected chi connectivity index (χ2v) is 4.25. The summed E-state index contributed by atoms with van der Waals surface area (Å²) in [7, 11) is 0. The maximum absolute atomic E-state index is 5.72. The summed E-state index contributed by atoms with van der Waals surface area (Å²) in [6.45, 7) is 6.19. The van der Waals surface area contributed by atoms with Crippen LogP contribution in [0.4, 0.5) is 0 Å². The number of para-hydroxylation sites is 2. The maximum atomic E-state index is 5.72. The molecule has 2 rings (SSSR count). The largest absolute Gasteiger partial charge is 0.490 e. The van der Waals surface area contributed by atoms with E-state index in [0.717, 1.165) is 31.1 Å². The molecule has 17 heavy (non-hydrogen) atoms. The third-order valence-corrected chi connectivity index (χ3v) is 2.80. The Morgan fingerprint density at radius 3 is 2.47 bits per heavy atom. The van der Waals surface area contributed by atoms with Crippen LogP contribution in [0.2, 0.25) is 0 Å². The lowest BCUT2D eigenvalue weighted by atomic mass is 10.1. The minimum absolute atomic E-state index is 0.353. The molecule has 1 fully saturated rings. The fraction of sp³-hybridized carbons (Fsp3) is 0.538. The predicted octanol–water partition coefficient (Wildman–Crippen LogP) is 1.11. The number of benzene rings is 1. The van der Waals surface area contributed by atoms with Crippen LogP contribution in [0.3, 0.4) is 0 Å². The van der Waals surface area contributed by atoms with Crippen molar-refractivity contribution in [3.05, 3.63) is 24.3 Å². The van der Waals surface area contributed by atoms with Gasteiger partial charge in [0.1, 0.15) is 6.61 Å². The topological polar surface area (TPSA) is 47.7 Å². The van der Waals surface area contributed by atoms with Crippen molar-refractivity contribution in [3.63, 3.8) is 0 Å². The van der Waals surface area contributed by atoms with E-state index in [9.17, 15) is 0 Å². The van der Waals surface area contributed by atoms with Crippen molar-refractivity contribution in [1.29, 1.82) is 0 Å². The highest BCUT2D eigenvalue weighted by molar-refractivity contribution is 5.39. The fourth-order valence-corrected chi connectivity index (χ4v) is 1.92. The first-order chi connectivity index (χ1) is 8.29. The quantitative estimate of drug-likeness (QED) is 0.803. The van der Waals surface area contributed by atoms with Gasteiger partial charge in [0.05, 0.1) is 6.61 Å². The molecule has 2 N–H and O–H groups in total. The average Bonchev–Trinajstić information content (AvgIpc) is 2.29. The highest BCUT2D eigenvalue weighted by atomic mass is 16.5. The van der Waals surface area contributed by atoms with Gasteiger partial charge in [-0.1, -0.05) is 12.1 Å². The summed E-state index contributed by atoms with van der Waals surface area (Å²) in [6, 6.07) is 8.13. The molecule has 1 aromatic rings. The Bertz CT molecular complexity index is 351. The maximum Gasteiger partial charge on any atom is 0.161 e. The van der Waals surface area contributed by atoms with Crippen LogP contribution in [0.5, 0.6) is 11.5 Å². The van der Waals surface area contributed by atoms with Gasteiger partial charge in [-0.2, -0.15) is 0 Å². The van der Waals surface area contributed by atoms with Crippen LogP contribution in [0.15, 0.2) is 24.3 Å². The Kier molecular flexibility index (Phi) is 4.23. The van der Waals surface area contributed by atoms with Crippen LogP contribution in [-0.2, 0) is 0 Å². The molecule has 94 valence electrons. The van der Waals surface area contributed by atoms with E-state index >= 15 is 0 Å². The molecule has 1 heterocycles. The molecule has 0 atom stereocenters. The lowest BCUT2D eigenvalue weighted by Crippen LogP contribution is -2.56. The number of likely N-dealkylation sites (tertiary alicyclic amines) is 1. The van der Waals surface area contributed by atoms with Crippen molar-refractivity contribution in [3.8, 4) is 11.5 Å². The first-order valence-corrected chi connectivity index (χ1v) is 6.12.